The first kappa shape index (κ1) is 13.3. The van der Waals surface area contributed by atoms with Crippen molar-refractivity contribution >= 4 is 11.9 Å². The number of hydrogen-bond donors (Lipinski definition) is 3. The van der Waals surface area contributed by atoms with Crippen LogP contribution >= 0.6 is 0 Å². The molecule has 4 atom stereocenters. The van der Waals surface area contributed by atoms with Gasteiger partial charge < -0.3 is 20.5 Å². The Labute approximate surface area is 106 Å². The number of carboxylic acid groups (broad SMARTS) is 1. The van der Waals surface area contributed by atoms with Gasteiger partial charge in [-0.2, -0.15) is 0 Å². The van der Waals surface area contributed by atoms with Crippen molar-refractivity contribution in [2.45, 2.75) is 31.3 Å². The Balaban J connectivity index is 1.83. The van der Waals surface area contributed by atoms with Gasteiger partial charge in [0.1, 0.15) is 0 Å². The van der Waals surface area contributed by atoms with E-state index in [0.29, 0.717) is 26.1 Å². The average molecular weight is 256 g/mol. The van der Waals surface area contributed by atoms with Gasteiger partial charge >= 0.3 is 5.97 Å². The molecule has 102 valence electrons. The predicted molar refractivity (Wildman–Crippen MR) is 64.1 cm³/mol. The van der Waals surface area contributed by atoms with Crippen LogP contribution < -0.4 is 10.6 Å². The first-order valence-corrected chi connectivity index (χ1v) is 6.40. The highest BCUT2D eigenvalue weighted by molar-refractivity contribution is 5.80. The maximum atomic E-state index is 12.1. The van der Waals surface area contributed by atoms with Crippen molar-refractivity contribution in [3.05, 3.63) is 0 Å². The first-order valence-electron chi connectivity index (χ1n) is 6.40. The molecule has 0 aromatic carbocycles. The minimum Gasteiger partial charge on any atom is -0.481 e. The molecule has 0 bridgehead atoms. The lowest BCUT2D eigenvalue weighted by atomic mass is 10.0. The van der Waals surface area contributed by atoms with Crippen LogP contribution in [-0.4, -0.2) is 49.3 Å². The van der Waals surface area contributed by atoms with Crippen LogP contribution in [0.2, 0.25) is 0 Å². The molecule has 18 heavy (non-hydrogen) atoms. The third kappa shape index (κ3) is 2.81. The molecular weight excluding hydrogens is 236 g/mol. The third-order valence-electron chi connectivity index (χ3n) is 3.92. The van der Waals surface area contributed by atoms with E-state index in [9.17, 15) is 9.59 Å². The van der Waals surface area contributed by atoms with E-state index in [1.165, 1.54) is 0 Å². The van der Waals surface area contributed by atoms with E-state index in [4.69, 9.17) is 9.84 Å². The smallest absolute Gasteiger partial charge is 0.306 e. The molecule has 1 amide bonds. The van der Waals surface area contributed by atoms with E-state index < -0.39 is 5.97 Å². The van der Waals surface area contributed by atoms with Crippen molar-refractivity contribution in [1.82, 2.24) is 10.6 Å². The van der Waals surface area contributed by atoms with Crippen molar-refractivity contribution in [1.29, 1.82) is 0 Å². The number of ether oxygens (including phenoxy) is 1. The van der Waals surface area contributed by atoms with Gasteiger partial charge in [-0.3, -0.25) is 9.59 Å². The van der Waals surface area contributed by atoms with Gasteiger partial charge in [0.2, 0.25) is 5.91 Å². The molecule has 1 aliphatic carbocycles. The number of carbonyl (C=O) groups is 2. The largest absolute Gasteiger partial charge is 0.481 e. The normalized spacial score (nSPS) is 35.6. The average Bonchev–Trinajstić information content (AvgIpc) is 2.96. The number of hydrogen-bond acceptors (Lipinski definition) is 4. The summed E-state index contributed by atoms with van der Waals surface area (Å²) in [5.74, 6) is -1.26. The standard InChI is InChI=1S/C12H20N2O4/c1-13-10-6-18-5-9(10)11(15)14-8-3-2-7(4-8)12(16)17/h7-10,13H,2-6H2,1H3,(H,14,15)(H,16,17)/t7-,8+,9?,10?/m1/s1. The van der Waals surface area contributed by atoms with Crippen LogP contribution in [0, 0.1) is 11.8 Å². The molecule has 1 saturated heterocycles. The molecule has 3 N–H and O–H groups in total. The zero-order chi connectivity index (χ0) is 13.1. The van der Waals surface area contributed by atoms with Gasteiger partial charge in [-0.1, -0.05) is 0 Å². The molecule has 6 heteroatoms. The summed E-state index contributed by atoms with van der Waals surface area (Å²) in [6.07, 6.45) is 1.94. The van der Waals surface area contributed by atoms with E-state index in [2.05, 4.69) is 10.6 Å². The second-order valence-electron chi connectivity index (χ2n) is 5.09. The maximum Gasteiger partial charge on any atom is 0.306 e. The van der Waals surface area contributed by atoms with E-state index in [0.717, 1.165) is 6.42 Å². The van der Waals surface area contributed by atoms with Gasteiger partial charge in [0.25, 0.3) is 0 Å². The lowest BCUT2D eigenvalue weighted by molar-refractivity contribution is -0.141. The zero-order valence-electron chi connectivity index (χ0n) is 10.5. The van der Waals surface area contributed by atoms with E-state index in [-0.39, 0.29) is 29.8 Å². The number of nitrogens with one attached hydrogen (secondary N) is 2. The maximum absolute atomic E-state index is 12.1. The molecule has 6 nitrogen and oxygen atoms in total. The topological polar surface area (TPSA) is 87.7 Å². The van der Waals surface area contributed by atoms with E-state index in [1.54, 1.807) is 0 Å². The molecule has 0 radical (unpaired) electrons. The van der Waals surface area contributed by atoms with Crippen molar-refractivity contribution in [3.8, 4) is 0 Å². The molecule has 2 unspecified atom stereocenters. The monoisotopic (exact) mass is 256 g/mol. The number of carboxylic acids is 1. The number of aliphatic carboxylic acids is 1. The van der Waals surface area contributed by atoms with Crippen molar-refractivity contribution in [2.75, 3.05) is 20.3 Å². The second-order valence-corrected chi connectivity index (χ2v) is 5.09. The fourth-order valence-corrected chi connectivity index (χ4v) is 2.74. The highest BCUT2D eigenvalue weighted by Crippen LogP contribution is 2.26. The van der Waals surface area contributed by atoms with Crippen LogP contribution in [0.5, 0.6) is 0 Å². The first-order chi connectivity index (χ1) is 8.61. The molecule has 0 aromatic rings. The highest BCUT2D eigenvalue weighted by Gasteiger charge is 2.36. The molecule has 2 aliphatic rings. The fraction of sp³-hybridized carbons (Fsp3) is 0.833. The van der Waals surface area contributed by atoms with Gasteiger partial charge in [-0.15, -0.1) is 0 Å². The minimum atomic E-state index is -0.760. The minimum absolute atomic E-state index is 0.00305. The zero-order valence-corrected chi connectivity index (χ0v) is 10.5. The van der Waals surface area contributed by atoms with Gasteiger partial charge in [0.15, 0.2) is 0 Å². The summed E-state index contributed by atoms with van der Waals surface area (Å²) in [6, 6.07) is 0.0541. The summed E-state index contributed by atoms with van der Waals surface area (Å²) in [7, 11) is 1.82. The number of rotatable bonds is 4. The van der Waals surface area contributed by atoms with E-state index in [1.807, 2.05) is 7.05 Å². The fourth-order valence-electron chi connectivity index (χ4n) is 2.74. The van der Waals surface area contributed by atoms with Crippen LogP contribution in [0.25, 0.3) is 0 Å². The lowest BCUT2D eigenvalue weighted by Gasteiger charge is -2.19. The Morgan fingerprint density at radius 2 is 2.06 bits per heavy atom. The van der Waals surface area contributed by atoms with Crippen LogP contribution in [0.1, 0.15) is 19.3 Å². The van der Waals surface area contributed by atoms with Crippen LogP contribution in [0.15, 0.2) is 0 Å². The van der Waals surface area contributed by atoms with Crippen LogP contribution in [0.4, 0.5) is 0 Å². The summed E-state index contributed by atoms with van der Waals surface area (Å²) in [4.78, 5) is 22.9. The van der Waals surface area contributed by atoms with Gasteiger partial charge in [-0.25, -0.2) is 0 Å². The summed E-state index contributed by atoms with van der Waals surface area (Å²) < 4.78 is 5.29. The van der Waals surface area contributed by atoms with Gasteiger partial charge in [-0.05, 0) is 26.3 Å². The number of likely N-dealkylation sites (N-methyl/N-ethyl adjacent to an activating group) is 1. The quantitative estimate of drug-likeness (QED) is 0.636. The molecule has 0 aromatic heterocycles. The molecule has 2 rings (SSSR count). The third-order valence-corrected chi connectivity index (χ3v) is 3.92. The van der Waals surface area contributed by atoms with Gasteiger partial charge in [0.05, 0.1) is 25.0 Å². The highest BCUT2D eigenvalue weighted by atomic mass is 16.5. The summed E-state index contributed by atoms with van der Waals surface area (Å²) in [5.41, 5.74) is 0. The van der Waals surface area contributed by atoms with Gasteiger partial charge in [0, 0.05) is 12.1 Å². The van der Waals surface area contributed by atoms with Crippen molar-refractivity contribution in [2.24, 2.45) is 11.8 Å². The SMILES string of the molecule is CNC1COCC1C(=O)N[C@H]1CC[C@@H](C(=O)O)C1. The Hall–Kier alpha value is -1.14. The Kier molecular flexibility index (Phi) is 4.19. The summed E-state index contributed by atoms with van der Waals surface area (Å²) in [6.45, 7) is 0.990. The Bertz CT molecular complexity index is 334. The second kappa shape index (κ2) is 5.67. The molecule has 1 heterocycles. The van der Waals surface area contributed by atoms with Crippen LogP contribution in [0.3, 0.4) is 0 Å². The summed E-state index contributed by atoms with van der Waals surface area (Å²) >= 11 is 0. The number of carbonyl (C=O) groups excluding carboxylic acids is 1. The molecule has 1 saturated carbocycles. The molecule has 1 aliphatic heterocycles. The summed E-state index contributed by atoms with van der Waals surface area (Å²) in [5, 5.41) is 14.9. The Morgan fingerprint density at radius 1 is 1.28 bits per heavy atom. The molecule has 0 spiro atoms. The number of amides is 1. The van der Waals surface area contributed by atoms with Crippen molar-refractivity contribution < 1.29 is 19.4 Å². The van der Waals surface area contributed by atoms with Crippen LogP contribution in [-0.2, 0) is 14.3 Å². The lowest BCUT2D eigenvalue weighted by Crippen LogP contribution is -2.45. The predicted octanol–water partition coefficient (Wildman–Crippen LogP) is -0.410. The Morgan fingerprint density at radius 3 is 2.67 bits per heavy atom. The van der Waals surface area contributed by atoms with E-state index >= 15 is 0 Å². The molecule has 2 fully saturated rings. The molecular formula is C12H20N2O4. The van der Waals surface area contributed by atoms with Crippen molar-refractivity contribution in [3.63, 3.8) is 0 Å².